The number of methoxy groups -OCH3 is 2. The number of rotatable bonds is 7. The number of aliphatic hydroxyl groups excluding tert-OH is 1. The molecule has 0 fully saturated rings. The largest absolute Gasteiger partial charge is 0.503 e. The van der Waals surface area contributed by atoms with E-state index in [0.717, 1.165) is 5.56 Å². The summed E-state index contributed by atoms with van der Waals surface area (Å²) >= 11 is 0. The van der Waals surface area contributed by atoms with Gasteiger partial charge in [-0.1, -0.05) is 48.5 Å². The summed E-state index contributed by atoms with van der Waals surface area (Å²) in [5.74, 6) is -0.372. The average Bonchev–Trinajstić information content (AvgIpc) is 3.13. The molecule has 1 amide bonds. The standard InChI is InChI=1S/C27H23NO5/c1-32-21-13-9-19(10-14-21)25-24(23(29)17-8-18-6-4-3-5-7-18)26(30)27(31)28(25)20-11-15-22(33-2)16-12-20/h3-17,25,30H,1-2H3. The molecule has 1 unspecified atom stereocenters. The van der Waals surface area contributed by atoms with Gasteiger partial charge >= 0.3 is 0 Å². The molecule has 0 saturated heterocycles. The normalized spacial score (nSPS) is 15.9. The Bertz CT molecular complexity index is 1210. The van der Waals surface area contributed by atoms with Gasteiger partial charge in [-0.05, 0) is 53.6 Å². The van der Waals surface area contributed by atoms with E-state index in [-0.39, 0.29) is 5.57 Å². The fraction of sp³-hybridized carbons (Fsp3) is 0.111. The van der Waals surface area contributed by atoms with E-state index in [2.05, 4.69) is 0 Å². The molecular formula is C27H23NO5. The molecule has 4 rings (SSSR count). The monoisotopic (exact) mass is 441 g/mol. The molecule has 1 N–H and O–H groups in total. The van der Waals surface area contributed by atoms with Crippen molar-refractivity contribution in [2.24, 2.45) is 0 Å². The lowest BCUT2D eigenvalue weighted by Gasteiger charge is -2.27. The van der Waals surface area contributed by atoms with Gasteiger partial charge in [-0.2, -0.15) is 0 Å². The first-order chi connectivity index (χ1) is 16.0. The van der Waals surface area contributed by atoms with Crippen molar-refractivity contribution < 1.29 is 24.2 Å². The maximum Gasteiger partial charge on any atom is 0.294 e. The highest BCUT2D eigenvalue weighted by Crippen LogP contribution is 2.41. The van der Waals surface area contributed by atoms with Gasteiger partial charge in [-0.3, -0.25) is 14.5 Å². The fourth-order valence-corrected chi connectivity index (χ4v) is 3.79. The SMILES string of the molecule is COc1ccc(C2C(C(=O)C=Cc3ccccc3)=C(O)C(=O)N2c2ccc(OC)cc2)cc1. The van der Waals surface area contributed by atoms with Crippen molar-refractivity contribution in [1.29, 1.82) is 0 Å². The van der Waals surface area contributed by atoms with E-state index in [1.165, 1.54) is 11.0 Å². The van der Waals surface area contributed by atoms with Gasteiger partial charge in [0.25, 0.3) is 5.91 Å². The molecule has 0 aliphatic carbocycles. The third-order valence-electron chi connectivity index (χ3n) is 5.48. The van der Waals surface area contributed by atoms with Crippen LogP contribution in [0.4, 0.5) is 5.69 Å². The second kappa shape index (κ2) is 9.44. The first-order valence-corrected chi connectivity index (χ1v) is 10.4. The molecule has 166 valence electrons. The highest BCUT2D eigenvalue weighted by atomic mass is 16.5. The zero-order chi connectivity index (χ0) is 23.4. The third-order valence-corrected chi connectivity index (χ3v) is 5.48. The molecule has 0 bridgehead atoms. The number of anilines is 1. The van der Waals surface area contributed by atoms with Gasteiger partial charge < -0.3 is 14.6 Å². The summed E-state index contributed by atoms with van der Waals surface area (Å²) in [6.45, 7) is 0. The molecule has 1 atom stereocenters. The van der Waals surface area contributed by atoms with Crippen LogP contribution in [0.2, 0.25) is 0 Å². The zero-order valence-electron chi connectivity index (χ0n) is 18.3. The molecule has 6 nitrogen and oxygen atoms in total. The molecule has 1 aliphatic heterocycles. The van der Waals surface area contributed by atoms with Crippen LogP contribution in [0.5, 0.6) is 11.5 Å². The summed E-state index contributed by atoms with van der Waals surface area (Å²) in [6, 6.07) is 22.5. The van der Waals surface area contributed by atoms with Crippen LogP contribution in [0.15, 0.2) is 96.3 Å². The highest BCUT2D eigenvalue weighted by Gasteiger charge is 2.43. The predicted molar refractivity (Wildman–Crippen MR) is 126 cm³/mol. The second-order valence-corrected chi connectivity index (χ2v) is 7.42. The Morgan fingerprint density at radius 1 is 0.879 bits per heavy atom. The predicted octanol–water partition coefficient (Wildman–Crippen LogP) is 4.89. The van der Waals surface area contributed by atoms with Crippen molar-refractivity contribution in [3.05, 3.63) is 107 Å². The van der Waals surface area contributed by atoms with Gasteiger partial charge in [-0.15, -0.1) is 0 Å². The van der Waals surface area contributed by atoms with Crippen LogP contribution in [0.3, 0.4) is 0 Å². The quantitative estimate of drug-likeness (QED) is 0.529. The minimum absolute atomic E-state index is 0.0215. The number of hydrogen-bond acceptors (Lipinski definition) is 5. The van der Waals surface area contributed by atoms with Crippen LogP contribution in [0.25, 0.3) is 6.08 Å². The number of carbonyl (C=O) groups is 2. The molecule has 1 aliphatic rings. The number of amides is 1. The van der Waals surface area contributed by atoms with Crippen LogP contribution in [0, 0.1) is 0 Å². The molecule has 3 aromatic carbocycles. The summed E-state index contributed by atoms with van der Waals surface area (Å²) in [5.41, 5.74) is 2.06. The molecule has 0 saturated carbocycles. The second-order valence-electron chi connectivity index (χ2n) is 7.42. The van der Waals surface area contributed by atoms with Crippen molar-refractivity contribution in [2.75, 3.05) is 19.1 Å². The summed E-state index contributed by atoms with van der Waals surface area (Å²) in [6.07, 6.45) is 3.04. The molecule has 0 spiro atoms. The van der Waals surface area contributed by atoms with Gasteiger partial charge in [0, 0.05) is 5.69 Å². The lowest BCUT2D eigenvalue weighted by Crippen LogP contribution is -2.30. The summed E-state index contributed by atoms with van der Waals surface area (Å²) in [7, 11) is 3.12. The van der Waals surface area contributed by atoms with Crippen molar-refractivity contribution in [1.82, 2.24) is 0 Å². The number of benzene rings is 3. The van der Waals surface area contributed by atoms with Crippen LogP contribution >= 0.6 is 0 Å². The number of hydrogen-bond donors (Lipinski definition) is 1. The number of ether oxygens (including phenoxy) is 2. The van der Waals surface area contributed by atoms with Crippen molar-refractivity contribution >= 4 is 23.5 Å². The van der Waals surface area contributed by atoms with E-state index in [9.17, 15) is 14.7 Å². The van der Waals surface area contributed by atoms with Crippen LogP contribution < -0.4 is 14.4 Å². The highest BCUT2D eigenvalue weighted by molar-refractivity contribution is 6.19. The van der Waals surface area contributed by atoms with Gasteiger partial charge in [0.1, 0.15) is 11.5 Å². The van der Waals surface area contributed by atoms with Gasteiger partial charge in [0.15, 0.2) is 11.5 Å². The Labute approximate surface area is 192 Å². The minimum atomic E-state index is -0.801. The van der Waals surface area contributed by atoms with E-state index in [0.29, 0.717) is 22.7 Å². The van der Waals surface area contributed by atoms with E-state index < -0.39 is 23.5 Å². The van der Waals surface area contributed by atoms with Crippen molar-refractivity contribution in [3.8, 4) is 11.5 Å². The lowest BCUT2D eigenvalue weighted by molar-refractivity contribution is -0.117. The van der Waals surface area contributed by atoms with Crippen LogP contribution in [0.1, 0.15) is 17.2 Å². The van der Waals surface area contributed by atoms with Crippen LogP contribution in [-0.2, 0) is 9.59 Å². The van der Waals surface area contributed by atoms with E-state index >= 15 is 0 Å². The number of aliphatic hydroxyl groups is 1. The first-order valence-electron chi connectivity index (χ1n) is 10.4. The smallest absolute Gasteiger partial charge is 0.294 e. The van der Waals surface area contributed by atoms with E-state index in [1.807, 2.05) is 30.3 Å². The maximum absolute atomic E-state index is 13.2. The summed E-state index contributed by atoms with van der Waals surface area (Å²) in [5, 5.41) is 10.8. The number of carbonyl (C=O) groups excluding carboxylic acids is 2. The Morgan fingerprint density at radius 3 is 2.03 bits per heavy atom. The van der Waals surface area contributed by atoms with E-state index in [4.69, 9.17) is 9.47 Å². The zero-order valence-corrected chi connectivity index (χ0v) is 18.3. The maximum atomic E-state index is 13.2. The third kappa shape index (κ3) is 4.36. The van der Waals surface area contributed by atoms with Gasteiger partial charge in [0.2, 0.25) is 0 Å². The molecule has 33 heavy (non-hydrogen) atoms. The van der Waals surface area contributed by atoms with Crippen molar-refractivity contribution in [3.63, 3.8) is 0 Å². The Balaban J connectivity index is 1.77. The summed E-state index contributed by atoms with van der Waals surface area (Å²) < 4.78 is 10.4. The fourth-order valence-electron chi connectivity index (χ4n) is 3.79. The summed E-state index contributed by atoms with van der Waals surface area (Å²) in [4.78, 5) is 27.8. The average molecular weight is 441 g/mol. The van der Waals surface area contributed by atoms with Gasteiger partial charge in [-0.25, -0.2) is 0 Å². The topological polar surface area (TPSA) is 76.1 Å². The number of allylic oxidation sites excluding steroid dienone is 1. The number of nitrogens with zero attached hydrogens (tertiary/aromatic N) is 1. The lowest BCUT2D eigenvalue weighted by atomic mass is 9.95. The Kier molecular flexibility index (Phi) is 6.26. The first kappa shape index (κ1) is 21.9. The molecular weight excluding hydrogens is 418 g/mol. The molecule has 0 aromatic heterocycles. The molecule has 3 aromatic rings. The van der Waals surface area contributed by atoms with Crippen molar-refractivity contribution in [2.45, 2.75) is 6.04 Å². The molecule has 1 heterocycles. The molecule has 0 radical (unpaired) electrons. The molecule has 6 heteroatoms. The minimum Gasteiger partial charge on any atom is -0.503 e. The Morgan fingerprint density at radius 2 is 1.45 bits per heavy atom. The van der Waals surface area contributed by atoms with E-state index in [1.54, 1.807) is 68.8 Å². The van der Waals surface area contributed by atoms with Gasteiger partial charge in [0.05, 0.1) is 25.8 Å². The number of ketones is 1. The van der Waals surface area contributed by atoms with Crippen LogP contribution in [-0.4, -0.2) is 31.0 Å². The Hall–Kier alpha value is -4.32.